The molecule has 4 aromatic carbocycles. The van der Waals surface area contributed by atoms with Gasteiger partial charge < -0.3 is 4.98 Å². The fourth-order valence-corrected chi connectivity index (χ4v) is 9.36. The number of fused-ring (bicyclic) bond motifs is 6. The van der Waals surface area contributed by atoms with Crippen molar-refractivity contribution in [3.63, 3.8) is 0 Å². The molecule has 1 heterocycles. The van der Waals surface area contributed by atoms with E-state index in [0.717, 1.165) is 23.7 Å². The van der Waals surface area contributed by atoms with Crippen molar-refractivity contribution in [3.05, 3.63) is 96.1 Å². The third-order valence-electron chi connectivity index (χ3n) is 10.4. The smallest absolute Gasteiger partial charge is 0.0465 e. The van der Waals surface area contributed by atoms with Crippen molar-refractivity contribution in [3.8, 4) is 22.3 Å². The summed E-state index contributed by atoms with van der Waals surface area (Å²) in [5.41, 5.74) is 11.7. The molecule has 4 bridgehead atoms. The van der Waals surface area contributed by atoms with Gasteiger partial charge in [-0.1, -0.05) is 60.7 Å². The van der Waals surface area contributed by atoms with Crippen LogP contribution in [0.2, 0.25) is 0 Å². The van der Waals surface area contributed by atoms with Crippen molar-refractivity contribution in [2.75, 3.05) is 0 Å². The van der Waals surface area contributed by atoms with Crippen LogP contribution in [0.15, 0.2) is 84.9 Å². The number of aromatic nitrogens is 1. The van der Waals surface area contributed by atoms with Crippen LogP contribution in [0, 0.1) is 23.7 Å². The number of para-hydroxylation sites is 1. The van der Waals surface area contributed by atoms with Gasteiger partial charge in [-0.3, -0.25) is 0 Å². The minimum Gasteiger partial charge on any atom is -0.355 e. The van der Waals surface area contributed by atoms with E-state index in [2.05, 4.69) is 89.9 Å². The van der Waals surface area contributed by atoms with Crippen molar-refractivity contribution in [2.45, 2.75) is 37.5 Å². The van der Waals surface area contributed by atoms with Crippen LogP contribution in [0.1, 0.15) is 43.2 Å². The van der Waals surface area contributed by atoms with Gasteiger partial charge in [-0.15, -0.1) is 0 Å². The lowest BCUT2D eigenvalue weighted by atomic mass is 9.43. The van der Waals surface area contributed by atoms with E-state index in [1.165, 1.54) is 76.2 Å². The summed E-state index contributed by atoms with van der Waals surface area (Å²) in [6, 6.07) is 32.5. The second-order valence-electron chi connectivity index (χ2n) is 11.9. The number of hydrogen-bond acceptors (Lipinski definition) is 0. The second kappa shape index (κ2) is 6.46. The summed E-state index contributed by atoms with van der Waals surface area (Å²) < 4.78 is 0. The molecule has 1 heteroatoms. The molecule has 0 radical (unpaired) electrons. The Bertz CT molecular complexity index is 1640. The Hall–Kier alpha value is -3.32. The van der Waals surface area contributed by atoms with Gasteiger partial charge >= 0.3 is 0 Å². The number of hydrogen-bond donors (Lipinski definition) is 1. The van der Waals surface area contributed by atoms with E-state index in [4.69, 9.17) is 0 Å². The van der Waals surface area contributed by atoms with Crippen LogP contribution in [0.4, 0.5) is 0 Å². The molecule has 1 spiro atoms. The number of aromatic amines is 1. The zero-order valence-electron chi connectivity index (χ0n) is 19.9. The summed E-state index contributed by atoms with van der Waals surface area (Å²) in [5, 5.41) is 2.64. The molecule has 1 nitrogen and oxygen atoms in total. The number of H-pyrrole nitrogens is 1. The maximum Gasteiger partial charge on any atom is 0.0465 e. The van der Waals surface area contributed by atoms with E-state index in [1.807, 2.05) is 0 Å². The summed E-state index contributed by atoms with van der Waals surface area (Å²) in [7, 11) is 0. The lowest BCUT2D eigenvalue weighted by Gasteiger charge is -2.61. The van der Waals surface area contributed by atoms with Crippen molar-refractivity contribution >= 4 is 21.8 Å². The summed E-state index contributed by atoms with van der Waals surface area (Å²) in [6.07, 6.45) is 7.25. The molecule has 170 valence electrons. The highest BCUT2D eigenvalue weighted by Gasteiger charge is 2.61. The van der Waals surface area contributed by atoms with Gasteiger partial charge in [0.2, 0.25) is 0 Å². The monoisotopic (exact) mass is 451 g/mol. The fraction of sp³-hybridized carbons (Fsp3) is 0.294. The topological polar surface area (TPSA) is 15.8 Å². The normalized spacial score (nSPS) is 29.8. The van der Waals surface area contributed by atoms with Crippen LogP contribution in [-0.4, -0.2) is 4.98 Å². The first-order valence-corrected chi connectivity index (χ1v) is 13.5. The maximum absolute atomic E-state index is 3.59. The lowest BCUT2D eigenvalue weighted by Crippen LogP contribution is -2.55. The molecule has 1 aromatic heterocycles. The highest BCUT2D eigenvalue weighted by molar-refractivity contribution is 6.08. The molecule has 5 aliphatic carbocycles. The zero-order valence-corrected chi connectivity index (χ0v) is 19.9. The minimum atomic E-state index is 0.236. The summed E-state index contributed by atoms with van der Waals surface area (Å²) in [6.45, 7) is 0. The predicted octanol–water partition coefficient (Wildman–Crippen LogP) is 8.71. The van der Waals surface area contributed by atoms with Gasteiger partial charge in [0.05, 0.1) is 0 Å². The van der Waals surface area contributed by atoms with E-state index in [-0.39, 0.29) is 5.41 Å². The molecule has 5 aliphatic rings. The zero-order chi connectivity index (χ0) is 22.7. The van der Waals surface area contributed by atoms with E-state index in [9.17, 15) is 0 Å². The largest absolute Gasteiger partial charge is 0.355 e. The molecule has 5 aromatic rings. The molecule has 4 saturated carbocycles. The molecule has 0 unspecified atom stereocenters. The van der Waals surface area contributed by atoms with Crippen LogP contribution in [0.25, 0.3) is 44.1 Å². The first-order valence-electron chi connectivity index (χ1n) is 13.5. The van der Waals surface area contributed by atoms with Crippen molar-refractivity contribution in [2.24, 2.45) is 23.7 Å². The van der Waals surface area contributed by atoms with Gasteiger partial charge in [0, 0.05) is 27.2 Å². The van der Waals surface area contributed by atoms with Gasteiger partial charge in [0.15, 0.2) is 0 Å². The van der Waals surface area contributed by atoms with Crippen LogP contribution < -0.4 is 0 Å². The van der Waals surface area contributed by atoms with Crippen molar-refractivity contribution in [1.82, 2.24) is 4.98 Å². The van der Waals surface area contributed by atoms with Gasteiger partial charge in [0.1, 0.15) is 0 Å². The van der Waals surface area contributed by atoms with Crippen molar-refractivity contribution < 1.29 is 0 Å². The second-order valence-corrected chi connectivity index (χ2v) is 11.9. The summed E-state index contributed by atoms with van der Waals surface area (Å²) in [4.78, 5) is 3.59. The first kappa shape index (κ1) is 18.9. The molecular weight excluding hydrogens is 422 g/mol. The fourth-order valence-electron chi connectivity index (χ4n) is 9.36. The highest BCUT2D eigenvalue weighted by atomic mass is 14.7. The third kappa shape index (κ3) is 2.30. The molecular formula is C34H29N. The van der Waals surface area contributed by atoms with E-state index in [0.29, 0.717) is 0 Å². The van der Waals surface area contributed by atoms with E-state index in [1.54, 1.807) is 11.1 Å². The van der Waals surface area contributed by atoms with E-state index >= 15 is 0 Å². The van der Waals surface area contributed by atoms with Crippen LogP contribution in [0.5, 0.6) is 0 Å². The van der Waals surface area contributed by atoms with E-state index < -0.39 is 0 Å². The van der Waals surface area contributed by atoms with Crippen LogP contribution in [0.3, 0.4) is 0 Å². The molecule has 35 heavy (non-hydrogen) atoms. The average Bonchev–Trinajstić information content (AvgIpc) is 3.40. The molecule has 10 rings (SSSR count). The maximum atomic E-state index is 3.59. The van der Waals surface area contributed by atoms with Crippen LogP contribution in [-0.2, 0) is 5.41 Å². The number of benzene rings is 4. The summed E-state index contributed by atoms with van der Waals surface area (Å²) in [5.74, 6) is 3.58. The SMILES string of the molecule is c1ccc2c(c1)-c1ccc(-c3ccc4[nH]c5ccccc5c4c3)cc1C21C2CC3CC(C2)CC1C3. The van der Waals surface area contributed by atoms with Gasteiger partial charge in [-0.05, 0) is 113 Å². The Balaban J connectivity index is 1.27. The third-order valence-corrected chi connectivity index (χ3v) is 10.4. The molecule has 4 fully saturated rings. The Morgan fingerprint density at radius 2 is 1.20 bits per heavy atom. The first-order chi connectivity index (χ1) is 17.3. The van der Waals surface area contributed by atoms with Crippen LogP contribution >= 0.6 is 0 Å². The number of rotatable bonds is 1. The molecule has 0 amide bonds. The Morgan fingerprint density at radius 3 is 2.06 bits per heavy atom. The highest BCUT2D eigenvalue weighted by Crippen LogP contribution is 2.69. The lowest BCUT2D eigenvalue weighted by molar-refractivity contribution is -0.0399. The Morgan fingerprint density at radius 1 is 0.543 bits per heavy atom. The van der Waals surface area contributed by atoms with Crippen molar-refractivity contribution in [1.29, 1.82) is 0 Å². The summed E-state index contributed by atoms with van der Waals surface area (Å²) >= 11 is 0. The quantitative estimate of drug-likeness (QED) is 0.262. The Labute approximate surface area is 206 Å². The molecule has 0 atom stereocenters. The average molecular weight is 452 g/mol. The van der Waals surface area contributed by atoms with Gasteiger partial charge in [-0.2, -0.15) is 0 Å². The standard InChI is InChI=1S/C34H29N/c1-3-7-30-26(5-1)27-11-9-23(22-10-12-33-29(18-22)28-6-2-4-8-32(28)35-33)19-31(27)34(30)24-14-20-13-21(16-24)17-25(34)15-20/h1-12,18-21,24-25,35H,13-17H2. The predicted molar refractivity (Wildman–Crippen MR) is 145 cm³/mol. The van der Waals surface area contributed by atoms with Gasteiger partial charge in [0.25, 0.3) is 0 Å². The molecule has 1 N–H and O–H groups in total. The minimum absolute atomic E-state index is 0.236. The Kier molecular flexibility index (Phi) is 3.50. The number of nitrogens with one attached hydrogen (secondary N) is 1. The van der Waals surface area contributed by atoms with Gasteiger partial charge in [-0.25, -0.2) is 0 Å². The molecule has 0 saturated heterocycles. The molecule has 0 aliphatic heterocycles.